The lowest BCUT2D eigenvalue weighted by Gasteiger charge is -2.06. The van der Waals surface area contributed by atoms with E-state index in [9.17, 15) is 4.79 Å². The van der Waals surface area contributed by atoms with Gasteiger partial charge in [-0.3, -0.25) is 9.78 Å². The number of nitrogens with two attached hydrogens (primary N) is 2. The molecule has 5 nitrogen and oxygen atoms in total. The van der Waals surface area contributed by atoms with Crippen LogP contribution in [0.2, 0.25) is 0 Å². The van der Waals surface area contributed by atoms with Crippen molar-refractivity contribution >= 4 is 11.7 Å². The molecule has 4 N–H and O–H groups in total. The van der Waals surface area contributed by atoms with E-state index in [-0.39, 0.29) is 5.69 Å². The highest BCUT2D eigenvalue weighted by atomic mass is 16.1. The number of anilines is 1. The molecule has 0 saturated heterocycles. The molecule has 0 radical (unpaired) electrons. The average molecular weight is 242 g/mol. The summed E-state index contributed by atoms with van der Waals surface area (Å²) >= 11 is 0. The number of amides is 1. The number of primary amides is 1. The Morgan fingerprint density at radius 3 is 2.72 bits per heavy atom. The van der Waals surface area contributed by atoms with Crippen molar-refractivity contribution in [3.63, 3.8) is 0 Å². The van der Waals surface area contributed by atoms with Crippen molar-refractivity contribution in [3.8, 4) is 11.1 Å². The van der Waals surface area contributed by atoms with E-state index in [4.69, 9.17) is 11.5 Å². The van der Waals surface area contributed by atoms with Gasteiger partial charge in [-0.15, -0.1) is 0 Å². The van der Waals surface area contributed by atoms with E-state index in [1.54, 1.807) is 24.4 Å². The van der Waals surface area contributed by atoms with Crippen LogP contribution in [0.3, 0.4) is 0 Å². The Labute approximate surface area is 105 Å². The molecule has 0 aliphatic heterocycles. The Hall–Kier alpha value is -2.43. The van der Waals surface area contributed by atoms with Crippen molar-refractivity contribution in [1.29, 1.82) is 0 Å². The van der Waals surface area contributed by atoms with Crippen molar-refractivity contribution in [2.75, 3.05) is 5.73 Å². The predicted octanol–water partition coefficient (Wildman–Crippen LogP) is 1.39. The van der Waals surface area contributed by atoms with E-state index in [2.05, 4.69) is 9.97 Å². The Kier molecular flexibility index (Phi) is 3.23. The Morgan fingerprint density at radius 2 is 2.06 bits per heavy atom. The van der Waals surface area contributed by atoms with Crippen LogP contribution < -0.4 is 11.5 Å². The molecule has 5 heteroatoms. The van der Waals surface area contributed by atoms with Gasteiger partial charge in [-0.25, -0.2) is 4.98 Å². The van der Waals surface area contributed by atoms with Gasteiger partial charge in [-0.1, -0.05) is 6.92 Å². The summed E-state index contributed by atoms with van der Waals surface area (Å²) in [4.78, 5) is 19.2. The summed E-state index contributed by atoms with van der Waals surface area (Å²) < 4.78 is 0. The second-order valence-corrected chi connectivity index (χ2v) is 3.92. The Morgan fingerprint density at radius 1 is 1.28 bits per heavy atom. The molecule has 0 aromatic carbocycles. The van der Waals surface area contributed by atoms with Gasteiger partial charge in [0.2, 0.25) is 0 Å². The Bertz CT molecular complexity index is 595. The normalized spacial score (nSPS) is 10.3. The number of hydrogen-bond acceptors (Lipinski definition) is 4. The molecule has 0 unspecified atom stereocenters. The molecule has 2 aromatic heterocycles. The van der Waals surface area contributed by atoms with E-state index >= 15 is 0 Å². The fraction of sp³-hybridized carbons (Fsp3) is 0.154. The average Bonchev–Trinajstić information content (AvgIpc) is 2.38. The maximum Gasteiger partial charge on any atom is 0.267 e. The molecular formula is C13H14N4O. The van der Waals surface area contributed by atoms with Gasteiger partial charge in [0.15, 0.2) is 0 Å². The maximum atomic E-state index is 11.1. The summed E-state index contributed by atoms with van der Waals surface area (Å²) in [5.74, 6) is -0.0867. The standard InChI is InChI=1S/C13H14N4O/c1-2-10-5-9(7-12(14)17-10)8-3-4-16-11(6-8)13(15)18/h3-7H,2H2,1H3,(H2,14,17)(H2,15,18). The number of carbonyl (C=O) groups excluding carboxylic acids is 1. The van der Waals surface area contributed by atoms with Crippen molar-refractivity contribution < 1.29 is 4.79 Å². The highest BCUT2D eigenvalue weighted by molar-refractivity contribution is 5.92. The second kappa shape index (κ2) is 4.83. The molecule has 2 aromatic rings. The fourth-order valence-corrected chi connectivity index (χ4v) is 1.70. The number of pyridine rings is 2. The van der Waals surface area contributed by atoms with Crippen molar-refractivity contribution in [1.82, 2.24) is 9.97 Å². The molecule has 92 valence electrons. The van der Waals surface area contributed by atoms with Crippen LogP contribution in [0.1, 0.15) is 23.1 Å². The maximum absolute atomic E-state index is 11.1. The molecule has 0 aliphatic carbocycles. The number of carbonyl (C=O) groups is 1. The molecule has 0 aliphatic rings. The van der Waals surface area contributed by atoms with Gasteiger partial charge in [-0.05, 0) is 41.8 Å². The van der Waals surface area contributed by atoms with Crippen LogP contribution in [-0.4, -0.2) is 15.9 Å². The van der Waals surface area contributed by atoms with Crippen LogP contribution >= 0.6 is 0 Å². The number of hydrogen-bond donors (Lipinski definition) is 2. The quantitative estimate of drug-likeness (QED) is 0.850. The van der Waals surface area contributed by atoms with E-state index in [0.717, 1.165) is 23.2 Å². The third-order valence-electron chi connectivity index (χ3n) is 2.61. The van der Waals surface area contributed by atoms with E-state index in [0.29, 0.717) is 5.82 Å². The number of rotatable bonds is 3. The lowest BCUT2D eigenvalue weighted by molar-refractivity contribution is 0.0995. The lowest BCUT2D eigenvalue weighted by Crippen LogP contribution is -2.12. The van der Waals surface area contributed by atoms with Crippen LogP contribution in [-0.2, 0) is 6.42 Å². The topological polar surface area (TPSA) is 94.9 Å². The van der Waals surface area contributed by atoms with Crippen LogP contribution in [0, 0.1) is 0 Å². The molecule has 0 saturated carbocycles. The van der Waals surface area contributed by atoms with Crippen LogP contribution in [0.5, 0.6) is 0 Å². The minimum Gasteiger partial charge on any atom is -0.384 e. The van der Waals surface area contributed by atoms with Crippen molar-refractivity contribution in [2.24, 2.45) is 5.73 Å². The first kappa shape index (κ1) is 12.0. The lowest BCUT2D eigenvalue weighted by atomic mass is 10.1. The summed E-state index contributed by atoms with van der Waals surface area (Å²) in [5, 5.41) is 0. The van der Waals surface area contributed by atoms with E-state index < -0.39 is 5.91 Å². The summed E-state index contributed by atoms with van der Waals surface area (Å²) in [7, 11) is 0. The summed E-state index contributed by atoms with van der Waals surface area (Å²) in [6.07, 6.45) is 2.35. The molecule has 0 spiro atoms. The fourth-order valence-electron chi connectivity index (χ4n) is 1.70. The van der Waals surface area contributed by atoms with Crippen molar-refractivity contribution in [3.05, 3.63) is 41.9 Å². The number of aromatic nitrogens is 2. The highest BCUT2D eigenvalue weighted by Crippen LogP contribution is 2.22. The number of nitrogens with zero attached hydrogens (tertiary/aromatic N) is 2. The summed E-state index contributed by atoms with van der Waals surface area (Å²) in [6.45, 7) is 2.01. The zero-order chi connectivity index (χ0) is 13.1. The van der Waals surface area contributed by atoms with E-state index in [1.165, 1.54) is 0 Å². The summed E-state index contributed by atoms with van der Waals surface area (Å²) in [6, 6.07) is 7.16. The smallest absolute Gasteiger partial charge is 0.267 e. The third-order valence-corrected chi connectivity index (χ3v) is 2.61. The molecule has 2 rings (SSSR count). The van der Waals surface area contributed by atoms with E-state index in [1.807, 2.05) is 13.0 Å². The van der Waals surface area contributed by atoms with Gasteiger partial charge < -0.3 is 11.5 Å². The molecule has 0 bridgehead atoms. The minimum atomic E-state index is -0.547. The van der Waals surface area contributed by atoms with Gasteiger partial charge >= 0.3 is 0 Å². The van der Waals surface area contributed by atoms with Crippen LogP contribution in [0.4, 0.5) is 5.82 Å². The van der Waals surface area contributed by atoms with Gasteiger partial charge in [-0.2, -0.15) is 0 Å². The molecule has 18 heavy (non-hydrogen) atoms. The molecular weight excluding hydrogens is 228 g/mol. The predicted molar refractivity (Wildman–Crippen MR) is 69.8 cm³/mol. The monoisotopic (exact) mass is 242 g/mol. The molecule has 0 fully saturated rings. The molecule has 1 amide bonds. The number of nitrogen functional groups attached to an aromatic ring is 1. The second-order valence-electron chi connectivity index (χ2n) is 3.92. The van der Waals surface area contributed by atoms with Gasteiger partial charge in [0, 0.05) is 11.9 Å². The largest absolute Gasteiger partial charge is 0.384 e. The van der Waals surface area contributed by atoms with Gasteiger partial charge in [0.25, 0.3) is 5.91 Å². The third kappa shape index (κ3) is 2.45. The highest BCUT2D eigenvalue weighted by Gasteiger charge is 2.06. The van der Waals surface area contributed by atoms with Gasteiger partial charge in [0.1, 0.15) is 11.5 Å². The first-order valence-electron chi connectivity index (χ1n) is 5.63. The zero-order valence-corrected chi connectivity index (χ0v) is 10.1. The first-order chi connectivity index (χ1) is 8.60. The summed E-state index contributed by atoms with van der Waals surface area (Å²) in [5.41, 5.74) is 13.9. The van der Waals surface area contributed by atoms with Gasteiger partial charge in [0.05, 0.1) is 0 Å². The van der Waals surface area contributed by atoms with Crippen LogP contribution in [0.25, 0.3) is 11.1 Å². The van der Waals surface area contributed by atoms with Crippen LogP contribution in [0.15, 0.2) is 30.5 Å². The molecule has 2 heterocycles. The van der Waals surface area contributed by atoms with Crippen molar-refractivity contribution in [2.45, 2.75) is 13.3 Å². The molecule has 0 atom stereocenters. The minimum absolute atomic E-state index is 0.237. The number of aryl methyl sites for hydroxylation is 1. The Balaban J connectivity index is 2.51. The zero-order valence-electron chi connectivity index (χ0n) is 10.1. The first-order valence-corrected chi connectivity index (χ1v) is 5.63. The SMILES string of the molecule is CCc1cc(-c2ccnc(C(N)=O)c2)cc(N)n1.